The van der Waals surface area contributed by atoms with Crippen LogP contribution in [0.25, 0.3) is 11.3 Å². The zero-order valence-electron chi connectivity index (χ0n) is 23.1. The highest BCUT2D eigenvalue weighted by molar-refractivity contribution is 5.92. The molecule has 1 amide bonds. The number of aryl methyl sites for hydroxylation is 2. The third kappa shape index (κ3) is 5.43. The molecular weight excluding hydrogens is 472 g/mol. The molecule has 0 bridgehead atoms. The summed E-state index contributed by atoms with van der Waals surface area (Å²) >= 11 is 0. The molecule has 38 heavy (non-hydrogen) atoms. The van der Waals surface area contributed by atoms with Gasteiger partial charge in [0.05, 0.1) is 11.7 Å². The third-order valence-electron chi connectivity index (χ3n) is 7.36. The van der Waals surface area contributed by atoms with E-state index in [9.17, 15) is 4.79 Å². The van der Waals surface area contributed by atoms with Gasteiger partial charge in [-0.05, 0) is 24.0 Å². The number of carbonyl (C=O) groups is 1. The topological polar surface area (TPSA) is 68.0 Å². The van der Waals surface area contributed by atoms with Crippen molar-refractivity contribution in [3.8, 4) is 11.3 Å². The predicted octanol–water partition coefficient (Wildman–Crippen LogP) is 5.09. The molecule has 1 fully saturated rings. The molecule has 1 aliphatic rings. The van der Waals surface area contributed by atoms with Crippen LogP contribution in [0.3, 0.4) is 0 Å². The highest BCUT2D eigenvalue weighted by atomic mass is 16.2. The zero-order valence-corrected chi connectivity index (χ0v) is 23.1. The molecule has 0 unspecified atom stereocenters. The van der Waals surface area contributed by atoms with Crippen LogP contribution < -0.4 is 5.32 Å². The molecule has 1 atom stereocenters. The van der Waals surface area contributed by atoms with E-state index in [2.05, 4.69) is 78.3 Å². The Hall–Kier alpha value is -3.71. The lowest BCUT2D eigenvalue weighted by Crippen LogP contribution is -2.52. The van der Waals surface area contributed by atoms with Gasteiger partial charge in [0.15, 0.2) is 5.69 Å². The van der Waals surface area contributed by atoms with Gasteiger partial charge < -0.3 is 14.8 Å². The first-order valence-electron chi connectivity index (χ1n) is 13.4. The standard InChI is InChI=1S/C31H38N6O/c1-22-16-26(34-35(22)5)30(38)37(20-24-17-32-18-24)28(31(2,3)4)29-33-27(25-14-10-7-11-15-25)21-36(29)19-23-12-8-6-9-13-23/h6-16,21,24,28,32H,17-20H2,1-5H3/t28-/m0/s1. The van der Waals surface area contributed by atoms with E-state index in [1.165, 1.54) is 5.56 Å². The number of imidazole rings is 1. The molecule has 2 aromatic heterocycles. The smallest absolute Gasteiger partial charge is 0.275 e. The Bertz CT molecular complexity index is 1360. The summed E-state index contributed by atoms with van der Waals surface area (Å²) in [6.45, 7) is 11.7. The van der Waals surface area contributed by atoms with Gasteiger partial charge in [-0.3, -0.25) is 9.48 Å². The van der Waals surface area contributed by atoms with Crippen molar-refractivity contribution >= 4 is 5.91 Å². The summed E-state index contributed by atoms with van der Waals surface area (Å²) in [5.41, 5.74) is 4.34. The Balaban J connectivity index is 1.64. The van der Waals surface area contributed by atoms with E-state index in [0.717, 1.165) is 35.9 Å². The van der Waals surface area contributed by atoms with Gasteiger partial charge in [0, 0.05) is 56.6 Å². The number of rotatable bonds is 8. The molecular formula is C31H38N6O. The lowest BCUT2D eigenvalue weighted by Gasteiger charge is -2.42. The van der Waals surface area contributed by atoms with Crippen molar-refractivity contribution in [2.75, 3.05) is 19.6 Å². The average molecular weight is 511 g/mol. The van der Waals surface area contributed by atoms with Crippen LogP contribution in [-0.2, 0) is 13.6 Å². The minimum atomic E-state index is -0.273. The van der Waals surface area contributed by atoms with Gasteiger partial charge in [0.1, 0.15) is 5.82 Å². The summed E-state index contributed by atoms with van der Waals surface area (Å²) < 4.78 is 4.00. The quantitative estimate of drug-likeness (QED) is 0.359. The molecule has 0 spiro atoms. The third-order valence-corrected chi connectivity index (χ3v) is 7.36. The van der Waals surface area contributed by atoms with E-state index >= 15 is 0 Å². The number of amides is 1. The summed E-state index contributed by atoms with van der Waals surface area (Å²) in [4.78, 5) is 21.5. The van der Waals surface area contributed by atoms with Crippen LogP contribution in [0.4, 0.5) is 0 Å². The lowest BCUT2D eigenvalue weighted by atomic mass is 9.83. The second-order valence-corrected chi connectivity index (χ2v) is 11.5. The van der Waals surface area contributed by atoms with Crippen LogP contribution >= 0.6 is 0 Å². The van der Waals surface area contributed by atoms with Crippen LogP contribution in [0.1, 0.15) is 54.4 Å². The molecule has 0 radical (unpaired) electrons. The molecule has 1 saturated heterocycles. The summed E-state index contributed by atoms with van der Waals surface area (Å²) in [7, 11) is 1.88. The van der Waals surface area contributed by atoms with E-state index in [-0.39, 0.29) is 17.4 Å². The van der Waals surface area contributed by atoms with E-state index in [4.69, 9.17) is 4.98 Å². The highest BCUT2D eigenvalue weighted by Gasteiger charge is 2.41. The van der Waals surface area contributed by atoms with Crippen LogP contribution in [-0.4, -0.2) is 49.8 Å². The minimum Gasteiger partial charge on any atom is -0.328 e. The van der Waals surface area contributed by atoms with Crippen molar-refractivity contribution in [2.45, 2.75) is 40.3 Å². The van der Waals surface area contributed by atoms with E-state index in [1.54, 1.807) is 4.68 Å². The van der Waals surface area contributed by atoms with Crippen LogP contribution in [0.15, 0.2) is 72.9 Å². The molecule has 198 valence electrons. The Morgan fingerprint density at radius 1 is 1.08 bits per heavy atom. The van der Waals surface area contributed by atoms with Gasteiger partial charge in [-0.25, -0.2) is 4.98 Å². The van der Waals surface area contributed by atoms with Gasteiger partial charge in [0.2, 0.25) is 0 Å². The first kappa shape index (κ1) is 25.9. The SMILES string of the molecule is Cc1cc(C(=O)N(CC2CNC2)[C@@H](c2nc(-c3ccccc3)cn2Cc2ccccc2)C(C)(C)C)nn1C. The fourth-order valence-electron chi connectivity index (χ4n) is 5.17. The van der Waals surface area contributed by atoms with Crippen molar-refractivity contribution in [1.82, 2.24) is 29.5 Å². The van der Waals surface area contributed by atoms with E-state index in [0.29, 0.717) is 24.7 Å². The number of nitrogens with zero attached hydrogens (tertiary/aromatic N) is 5. The van der Waals surface area contributed by atoms with Crippen molar-refractivity contribution in [1.29, 1.82) is 0 Å². The number of nitrogens with one attached hydrogen (secondary N) is 1. The number of aromatic nitrogens is 4. The molecule has 3 heterocycles. The molecule has 4 aromatic rings. The summed E-state index contributed by atoms with van der Waals surface area (Å²) in [6.07, 6.45) is 2.13. The predicted molar refractivity (Wildman–Crippen MR) is 151 cm³/mol. The number of benzene rings is 2. The monoisotopic (exact) mass is 510 g/mol. The fraction of sp³-hybridized carbons (Fsp3) is 0.387. The van der Waals surface area contributed by atoms with Crippen LogP contribution in [0.5, 0.6) is 0 Å². The minimum absolute atomic E-state index is 0.0453. The Kier molecular flexibility index (Phi) is 7.21. The maximum atomic E-state index is 14.2. The molecule has 5 rings (SSSR count). The van der Waals surface area contributed by atoms with Crippen molar-refractivity contribution in [3.63, 3.8) is 0 Å². The Morgan fingerprint density at radius 3 is 2.29 bits per heavy atom. The second-order valence-electron chi connectivity index (χ2n) is 11.5. The van der Waals surface area contributed by atoms with E-state index in [1.807, 2.05) is 49.2 Å². The van der Waals surface area contributed by atoms with Crippen molar-refractivity contribution in [2.24, 2.45) is 18.4 Å². The lowest BCUT2D eigenvalue weighted by molar-refractivity contribution is 0.0387. The van der Waals surface area contributed by atoms with Gasteiger partial charge in [-0.1, -0.05) is 81.4 Å². The average Bonchev–Trinajstić information content (AvgIpc) is 3.43. The molecule has 0 saturated carbocycles. The maximum Gasteiger partial charge on any atom is 0.275 e. The Labute approximate surface area is 225 Å². The molecule has 0 aliphatic carbocycles. The molecule has 1 N–H and O–H groups in total. The van der Waals surface area contributed by atoms with E-state index < -0.39 is 0 Å². The first-order chi connectivity index (χ1) is 18.2. The molecule has 2 aromatic carbocycles. The van der Waals surface area contributed by atoms with Gasteiger partial charge in [-0.15, -0.1) is 0 Å². The first-order valence-corrected chi connectivity index (χ1v) is 13.4. The Morgan fingerprint density at radius 2 is 1.74 bits per heavy atom. The van der Waals surface area contributed by atoms with Gasteiger partial charge in [0.25, 0.3) is 5.91 Å². The maximum absolute atomic E-state index is 14.2. The van der Waals surface area contributed by atoms with Crippen molar-refractivity contribution in [3.05, 3.63) is 95.7 Å². The normalized spacial score (nSPS) is 14.8. The molecule has 7 nitrogen and oxygen atoms in total. The second kappa shape index (κ2) is 10.6. The van der Waals surface area contributed by atoms with Crippen LogP contribution in [0.2, 0.25) is 0 Å². The summed E-state index contributed by atoms with van der Waals surface area (Å²) in [5.74, 6) is 1.25. The molecule has 7 heteroatoms. The van der Waals surface area contributed by atoms with Crippen molar-refractivity contribution < 1.29 is 4.79 Å². The molecule has 1 aliphatic heterocycles. The van der Waals surface area contributed by atoms with Gasteiger partial charge in [-0.2, -0.15) is 5.10 Å². The largest absolute Gasteiger partial charge is 0.328 e. The number of hydrogen-bond acceptors (Lipinski definition) is 4. The number of carbonyl (C=O) groups excluding carboxylic acids is 1. The number of hydrogen-bond donors (Lipinski definition) is 1. The summed E-state index contributed by atoms with van der Waals surface area (Å²) in [6, 6.07) is 22.3. The summed E-state index contributed by atoms with van der Waals surface area (Å²) in [5, 5.41) is 7.93. The van der Waals surface area contributed by atoms with Crippen LogP contribution in [0, 0.1) is 18.3 Å². The highest BCUT2D eigenvalue weighted by Crippen LogP contribution is 2.40. The fourth-order valence-corrected chi connectivity index (χ4v) is 5.17. The van der Waals surface area contributed by atoms with Gasteiger partial charge >= 0.3 is 0 Å². The zero-order chi connectivity index (χ0) is 26.9.